The highest BCUT2D eigenvalue weighted by Gasteiger charge is 2.49. The van der Waals surface area contributed by atoms with Gasteiger partial charge in [-0.25, -0.2) is 13.2 Å². The number of ether oxygens (including phenoxy) is 1. The van der Waals surface area contributed by atoms with Crippen LogP contribution in [0.15, 0.2) is 24.3 Å². The van der Waals surface area contributed by atoms with Gasteiger partial charge in [-0.3, -0.25) is 4.79 Å². The lowest BCUT2D eigenvalue weighted by Crippen LogP contribution is -2.67. The van der Waals surface area contributed by atoms with Crippen molar-refractivity contribution in [2.75, 3.05) is 29.9 Å². The molecule has 1 amide bonds. The maximum Gasteiger partial charge on any atom is 0.224 e. The molecule has 4 rings (SSSR count). The van der Waals surface area contributed by atoms with Crippen LogP contribution in [0.25, 0.3) is 0 Å². The number of benzene rings is 2. The Morgan fingerprint density at radius 2 is 1.72 bits per heavy atom. The molecule has 0 saturated carbocycles. The number of β-amino-alcohol motifs (C(OH)–C–C–N with tert-alkyl or cyclic N) is 2. The number of piperidine rings is 1. The van der Waals surface area contributed by atoms with E-state index in [0.29, 0.717) is 5.56 Å². The number of halogens is 4. The molecule has 0 bridgehead atoms. The van der Waals surface area contributed by atoms with E-state index in [1.165, 1.54) is 6.07 Å². The summed E-state index contributed by atoms with van der Waals surface area (Å²) in [7, 11) is 0. The smallest absolute Gasteiger partial charge is 0.224 e. The first kappa shape index (κ1) is 22.7. The Morgan fingerprint density at radius 1 is 1.09 bits per heavy atom. The molecule has 2 aliphatic rings. The number of carbonyl (C=O) groups excluding carboxylic acids is 1. The van der Waals surface area contributed by atoms with Crippen LogP contribution in [0.2, 0.25) is 5.02 Å². The van der Waals surface area contributed by atoms with Crippen LogP contribution >= 0.6 is 11.6 Å². The molecule has 2 unspecified atom stereocenters. The first-order chi connectivity index (χ1) is 15.1. The molecule has 0 aliphatic carbocycles. The van der Waals surface area contributed by atoms with Crippen LogP contribution in [0.3, 0.4) is 0 Å². The molecule has 11 heteroatoms. The molecule has 2 atom stereocenters. The van der Waals surface area contributed by atoms with Crippen LogP contribution < -0.4 is 15.0 Å². The van der Waals surface area contributed by atoms with Crippen LogP contribution in [0, 0.1) is 17.5 Å². The number of rotatable bonds is 4. The predicted octanol–water partition coefficient (Wildman–Crippen LogP) is 1.99. The summed E-state index contributed by atoms with van der Waals surface area (Å²) in [6.07, 6.45) is -2.95. The molecule has 172 valence electrons. The van der Waals surface area contributed by atoms with Gasteiger partial charge in [-0.2, -0.15) is 0 Å². The molecule has 0 spiro atoms. The van der Waals surface area contributed by atoms with Crippen molar-refractivity contribution in [2.45, 2.75) is 30.7 Å². The Labute approximate surface area is 186 Å². The summed E-state index contributed by atoms with van der Waals surface area (Å²) in [6, 6.07) is 4.21. The summed E-state index contributed by atoms with van der Waals surface area (Å²) in [5, 5.41) is 34.3. The molecule has 2 aromatic carbocycles. The van der Waals surface area contributed by atoms with Gasteiger partial charge in [0.25, 0.3) is 0 Å². The van der Waals surface area contributed by atoms with Crippen molar-refractivity contribution in [3.8, 4) is 5.75 Å². The zero-order chi connectivity index (χ0) is 23.2. The van der Waals surface area contributed by atoms with Crippen LogP contribution in [-0.4, -0.2) is 58.7 Å². The van der Waals surface area contributed by atoms with Crippen molar-refractivity contribution in [2.24, 2.45) is 0 Å². The quantitative estimate of drug-likeness (QED) is 0.543. The molecule has 2 aromatic rings. The van der Waals surface area contributed by atoms with E-state index < -0.39 is 60.6 Å². The number of aliphatic hydroxyl groups excluding tert-OH is 2. The minimum Gasteiger partial charge on any atom is -0.490 e. The molecule has 7 nitrogen and oxygen atoms in total. The van der Waals surface area contributed by atoms with Crippen molar-refractivity contribution in [3.63, 3.8) is 0 Å². The molecule has 2 aliphatic heterocycles. The number of anilines is 2. The van der Waals surface area contributed by atoms with E-state index in [2.05, 4.69) is 5.32 Å². The zero-order valence-corrected chi connectivity index (χ0v) is 17.4. The monoisotopic (exact) mass is 472 g/mol. The molecule has 2 heterocycles. The largest absolute Gasteiger partial charge is 0.490 e. The number of carbonyl (C=O) groups is 1. The topological polar surface area (TPSA) is 102 Å². The van der Waals surface area contributed by atoms with E-state index in [1.807, 2.05) is 0 Å². The van der Waals surface area contributed by atoms with Crippen molar-refractivity contribution < 1.29 is 38.0 Å². The second kappa shape index (κ2) is 8.43. The fraction of sp³-hybridized carbons (Fsp3) is 0.381. The number of hydrogen-bond donors (Lipinski definition) is 4. The molecule has 32 heavy (non-hydrogen) atoms. The molecule has 1 fully saturated rings. The van der Waals surface area contributed by atoms with E-state index in [1.54, 1.807) is 0 Å². The SMILES string of the molecule is O=C1CCc2c(OCC3(O)C(O)CN(c4c(F)cc(Cl)cc4F)CC3O)ccc(F)c2N1. The number of fused-ring (bicyclic) bond motifs is 1. The first-order valence-electron chi connectivity index (χ1n) is 9.82. The minimum absolute atomic E-state index is 0.0182. The molecular weight excluding hydrogens is 453 g/mol. The van der Waals surface area contributed by atoms with Crippen LogP contribution in [0.4, 0.5) is 24.5 Å². The summed E-state index contributed by atoms with van der Waals surface area (Å²) in [6.45, 7) is -1.38. The van der Waals surface area contributed by atoms with Gasteiger partial charge in [0.15, 0.2) is 17.2 Å². The van der Waals surface area contributed by atoms with Crippen LogP contribution in [-0.2, 0) is 11.2 Å². The summed E-state index contributed by atoms with van der Waals surface area (Å²) in [4.78, 5) is 12.6. The third-order valence-electron chi connectivity index (χ3n) is 5.78. The molecule has 1 saturated heterocycles. The van der Waals surface area contributed by atoms with Crippen molar-refractivity contribution in [1.29, 1.82) is 0 Å². The highest BCUT2D eigenvalue weighted by atomic mass is 35.5. The van der Waals surface area contributed by atoms with Gasteiger partial charge in [-0.15, -0.1) is 0 Å². The number of nitrogens with zero attached hydrogens (tertiary/aromatic N) is 1. The number of hydrogen-bond acceptors (Lipinski definition) is 6. The third kappa shape index (κ3) is 3.99. The third-order valence-corrected chi connectivity index (χ3v) is 6.00. The van der Waals surface area contributed by atoms with Gasteiger partial charge in [0, 0.05) is 30.1 Å². The number of amides is 1. The van der Waals surface area contributed by atoms with Gasteiger partial charge < -0.3 is 30.3 Å². The van der Waals surface area contributed by atoms with Crippen molar-refractivity contribution in [3.05, 3.63) is 52.3 Å². The second-order valence-electron chi connectivity index (χ2n) is 7.88. The summed E-state index contributed by atoms with van der Waals surface area (Å²) >= 11 is 5.63. The van der Waals surface area contributed by atoms with Gasteiger partial charge in [-0.05, 0) is 30.7 Å². The molecule has 0 aromatic heterocycles. The normalized spacial score (nSPS) is 25.3. The highest BCUT2D eigenvalue weighted by Crippen LogP contribution is 2.36. The summed E-state index contributed by atoms with van der Waals surface area (Å²) in [5.74, 6) is -2.76. The molecule has 4 N–H and O–H groups in total. The first-order valence-corrected chi connectivity index (χ1v) is 10.2. The summed E-state index contributed by atoms with van der Waals surface area (Å²) in [5.41, 5.74) is -2.29. The van der Waals surface area contributed by atoms with Crippen molar-refractivity contribution in [1.82, 2.24) is 0 Å². The van der Waals surface area contributed by atoms with Gasteiger partial charge in [0.05, 0.1) is 5.69 Å². The Morgan fingerprint density at radius 3 is 2.34 bits per heavy atom. The van der Waals surface area contributed by atoms with Gasteiger partial charge in [-0.1, -0.05) is 11.6 Å². The highest BCUT2D eigenvalue weighted by molar-refractivity contribution is 6.30. The average Bonchev–Trinajstić information content (AvgIpc) is 2.71. The lowest BCUT2D eigenvalue weighted by molar-refractivity contribution is -0.169. The lowest BCUT2D eigenvalue weighted by Gasteiger charge is -2.46. The van der Waals surface area contributed by atoms with Gasteiger partial charge in [0.2, 0.25) is 5.91 Å². The van der Waals surface area contributed by atoms with E-state index in [-0.39, 0.29) is 35.2 Å². The molecular formula is C21H20ClF3N2O5. The van der Waals surface area contributed by atoms with E-state index in [0.717, 1.165) is 23.1 Å². The fourth-order valence-corrected chi connectivity index (χ4v) is 4.19. The van der Waals surface area contributed by atoms with Crippen molar-refractivity contribution >= 4 is 28.9 Å². The predicted molar refractivity (Wildman–Crippen MR) is 109 cm³/mol. The zero-order valence-electron chi connectivity index (χ0n) is 16.6. The molecule has 0 radical (unpaired) electrons. The van der Waals surface area contributed by atoms with Crippen LogP contribution in [0.5, 0.6) is 5.75 Å². The van der Waals surface area contributed by atoms with E-state index in [4.69, 9.17) is 16.3 Å². The Hall–Kier alpha value is -2.53. The summed E-state index contributed by atoms with van der Waals surface area (Å²) < 4.78 is 48.2. The fourth-order valence-electron chi connectivity index (χ4n) is 3.99. The second-order valence-corrected chi connectivity index (χ2v) is 8.32. The maximum absolute atomic E-state index is 14.3. The van der Waals surface area contributed by atoms with Crippen LogP contribution in [0.1, 0.15) is 12.0 Å². The lowest BCUT2D eigenvalue weighted by atomic mass is 9.86. The van der Waals surface area contributed by atoms with E-state index in [9.17, 15) is 33.3 Å². The maximum atomic E-state index is 14.3. The standard InChI is InChI=1S/C21H20ClF3N2O5/c22-10-5-13(24)20(14(25)6-10)27-7-16(28)21(31,17(29)8-27)9-32-15-3-2-12(23)19-11(15)1-4-18(30)26-19/h2-3,5-6,16-17,28-29,31H,1,4,7-9H2,(H,26,30). The average molecular weight is 473 g/mol. The minimum atomic E-state index is -2.17. The Bertz CT molecular complexity index is 1030. The van der Waals surface area contributed by atoms with Gasteiger partial charge in [0.1, 0.15) is 36.1 Å². The number of nitrogens with one attached hydrogen (secondary N) is 1. The van der Waals surface area contributed by atoms with Gasteiger partial charge >= 0.3 is 0 Å². The number of aliphatic hydroxyl groups is 3. The van der Waals surface area contributed by atoms with E-state index >= 15 is 0 Å². The Kier molecular flexibility index (Phi) is 5.97. The Balaban J connectivity index is 1.53.